The van der Waals surface area contributed by atoms with Crippen LogP contribution in [0.5, 0.6) is 0 Å². The third-order valence-electron chi connectivity index (χ3n) is 2.63. The number of nitrogens with one attached hydrogen (secondary N) is 2. The first-order valence-corrected chi connectivity index (χ1v) is 7.38. The molecule has 116 valence electrons. The zero-order valence-corrected chi connectivity index (χ0v) is 13.7. The Morgan fingerprint density at radius 3 is 2.61 bits per heavy atom. The van der Waals surface area contributed by atoms with Crippen molar-refractivity contribution in [2.45, 2.75) is 0 Å². The molecule has 0 aliphatic heterocycles. The molecule has 1 aromatic heterocycles. The number of benzene rings is 1. The van der Waals surface area contributed by atoms with Gasteiger partial charge in [0.05, 0.1) is 10.0 Å². The van der Waals surface area contributed by atoms with E-state index in [2.05, 4.69) is 15.6 Å². The molecule has 0 atom stereocenters. The van der Waals surface area contributed by atoms with Gasteiger partial charge in [0.25, 0.3) is 5.91 Å². The van der Waals surface area contributed by atoms with E-state index in [0.29, 0.717) is 26.6 Å². The number of carbonyl (C=O) groups excluding carboxylic acids is 1. The second-order valence-electron chi connectivity index (χ2n) is 4.26. The Kier molecular flexibility index (Phi) is 5.83. The third kappa shape index (κ3) is 4.86. The number of pyridine rings is 1. The maximum absolute atomic E-state index is 12.1. The van der Waals surface area contributed by atoms with E-state index in [-0.39, 0.29) is 5.57 Å². The van der Waals surface area contributed by atoms with Crippen molar-refractivity contribution in [1.82, 2.24) is 4.98 Å². The maximum Gasteiger partial charge on any atom is 0.267 e. The Bertz CT molecular complexity index is 815. The summed E-state index contributed by atoms with van der Waals surface area (Å²) in [6.45, 7) is 0. The summed E-state index contributed by atoms with van der Waals surface area (Å²) in [5.74, 6) is -0.187. The van der Waals surface area contributed by atoms with Crippen LogP contribution in [-0.2, 0) is 4.79 Å². The second kappa shape index (κ2) is 7.84. The molecule has 0 saturated carbocycles. The predicted octanol–water partition coefficient (Wildman–Crippen LogP) is 4.50. The van der Waals surface area contributed by atoms with Crippen LogP contribution >= 0.6 is 34.8 Å². The number of aromatic nitrogens is 1. The fourth-order valence-corrected chi connectivity index (χ4v) is 2.01. The van der Waals surface area contributed by atoms with Crippen molar-refractivity contribution < 1.29 is 4.79 Å². The quantitative estimate of drug-likeness (QED) is 0.616. The van der Waals surface area contributed by atoms with E-state index in [1.807, 2.05) is 0 Å². The number of nitriles is 1. The van der Waals surface area contributed by atoms with Gasteiger partial charge in [-0.15, -0.1) is 0 Å². The van der Waals surface area contributed by atoms with Crippen molar-refractivity contribution in [2.75, 3.05) is 10.6 Å². The molecule has 0 fully saturated rings. The highest BCUT2D eigenvalue weighted by Crippen LogP contribution is 2.25. The SMILES string of the molecule is N#C/C(=C/Nc1cc(Cl)ccn1)C(=O)Nc1ccc(Cl)c(Cl)c1. The number of halogens is 3. The minimum Gasteiger partial charge on any atom is -0.345 e. The molecule has 0 saturated heterocycles. The Morgan fingerprint density at radius 1 is 1.17 bits per heavy atom. The topological polar surface area (TPSA) is 77.8 Å². The van der Waals surface area contributed by atoms with Crippen molar-refractivity contribution in [3.8, 4) is 6.07 Å². The molecular formula is C15H9Cl3N4O. The van der Waals surface area contributed by atoms with Gasteiger partial charge in [0, 0.05) is 23.1 Å². The lowest BCUT2D eigenvalue weighted by Crippen LogP contribution is -2.14. The molecule has 0 spiro atoms. The summed E-state index contributed by atoms with van der Waals surface area (Å²) in [6, 6.07) is 9.58. The van der Waals surface area contributed by atoms with Crippen LogP contribution in [0.1, 0.15) is 0 Å². The summed E-state index contributed by atoms with van der Waals surface area (Å²) in [6.07, 6.45) is 2.74. The van der Waals surface area contributed by atoms with Gasteiger partial charge in [0.2, 0.25) is 0 Å². The van der Waals surface area contributed by atoms with Crippen molar-refractivity contribution >= 4 is 52.2 Å². The van der Waals surface area contributed by atoms with E-state index in [1.165, 1.54) is 18.5 Å². The first-order valence-electron chi connectivity index (χ1n) is 6.24. The second-order valence-corrected chi connectivity index (χ2v) is 5.51. The minimum absolute atomic E-state index is 0.141. The molecule has 2 rings (SSSR count). The maximum atomic E-state index is 12.1. The van der Waals surface area contributed by atoms with Gasteiger partial charge in [-0.05, 0) is 30.3 Å². The molecule has 1 aromatic carbocycles. The Labute approximate surface area is 147 Å². The highest BCUT2D eigenvalue weighted by molar-refractivity contribution is 6.42. The van der Waals surface area contributed by atoms with Gasteiger partial charge >= 0.3 is 0 Å². The number of nitrogens with zero attached hydrogens (tertiary/aromatic N) is 2. The Balaban J connectivity index is 2.10. The van der Waals surface area contributed by atoms with Gasteiger partial charge in [-0.2, -0.15) is 5.26 Å². The van der Waals surface area contributed by atoms with Gasteiger partial charge < -0.3 is 10.6 Å². The molecule has 23 heavy (non-hydrogen) atoms. The molecule has 0 unspecified atom stereocenters. The fraction of sp³-hybridized carbons (Fsp3) is 0. The van der Waals surface area contributed by atoms with Gasteiger partial charge in [0.1, 0.15) is 17.5 Å². The van der Waals surface area contributed by atoms with Crippen LogP contribution in [0.25, 0.3) is 0 Å². The summed E-state index contributed by atoms with van der Waals surface area (Å²) in [7, 11) is 0. The van der Waals surface area contributed by atoms with Crippen molar-refractivity contribution in [3.63, 3.8) is 0 Å². The molecule has 0 aliphatic carbocycles. The van der Waals surface area contributed by atoms with Crippen LogP contribution < -0.4 is 10.6 Å². The standard InChI is InChI=1S/C15H9Cl3N4O/c16-10-3-4-20-14(5-10)21-8-9(7-19)15(23)22-11-1-2-12(17)13(18)6-11/h1-6,8H,(H,20,21)(H,22,23)/b9-8-. The van der Waals surface area contributed by atoms with Crippen LogP contribution in [0.2, 0.25) is 15.1 Å². The van der Waals surface area contributed by atoms with E-state index < -0.39 is 5.91 Å². The first kappa shape index (κ1) is 17.1. The Hall–Kier alpha value is -2.26. The average molecular weight is 368 g/mol. The van der Waals surface area contributed by atoms with Crippen LogP contribution in [0, 0.1) is 11.3 Å². The molecule has 2 N–H and O–H groups in total. The molecule has 8 heteroatoms. The average Bonchev–Trinajstić information content (AvgIpc) is 2.51. The predicted molar refractivity (Wildman–Crippen MR) is 91.7 cm³/mol. The lowest BCUT2D eigenvalue weighted by Gasteiger charge is -2.06. The van der Waals surface area contributed by atoms with Crippen molar-refractivity contribution in [1.29, 1.82) is 5.26 Å². The zero-order chi connectivity index (χ0) is 16.8. The summed E-state index contributed by atoms with van der Waals surface area (Å²) in [5.41, 5.74) is 0.282. The van der Waals surface area contributed by atoms with E-state index in [4.69, 9.17) is 40.1 Å². The normalized spacial score (nSPS) is 10.8. The highest BCUT2D eigenvalue weighted by Gasteiger charge is 2.10. The largest absolute Gasteiger partial charge is 0.345 e. The lowest BCUT2D eigenvalue weighted by molar-refractivity contribution is -0.112. The zero-order valence-electron chi connectivity index (χ0n) is 11.5. The number of amides is 1. The van der Waals surface area contributed by atoms with Gasteiger partial charge in [0.15, 0.2) is 0 Å². The molecule has 5 nitrogen and oxygen atoms in total. The van der Waals surface area contributed by atoms with Gasteiger partial charge in [-0.1, -0.05) is 34.8 Å². The van der Waals surface area contributed by atoms with Crippen molar-refractivity contribution in [3.05, 3.63) is 63.4 Å². The molecule has 0 bridgehead atoms. The van der Waals surface area contributed by atoms with Crippen LogP contribution in [-0.4, -0.2) is 10.9 Å². The molecule has 2 aromatic rings. The summed E-state index contributed by atoms with van der Waals surface area (Å²) in [4.78, 5) is 16.1. The fourth-order valence-electron chi connectivity index (χ4n) is 1.55. The third-order valence-corrected chi connectivity index (χ3v) is 3.60. The summed E-state index contributed by atoms with van der Waals surface area (Å²) < 4.78 is 0. The molecule has 0 radical (unpaired) electrons. The number of hydrogen-bond acceptors (Lipinski definition) is 4. The lowest BCUT2D eigenvalue weighted by atomic mass is 10.2. The summed E-state index contributed by atoms with van der Waals surface area (Å²) in [5, 5.41) is 15.5. The van der Waals surface area contributed by atoms with Gasteiger partial charge in [-0.25, -0.2) is 4.98 Å². The molecular weight excluding hydrogens is 359 g/mol. The molecule has 1 amide bonds. The van der Waals surface area contributed by atoms with Crippen molar-refractivity contribution in [2.24, 2.45) is 0 Å². The highest BCUT2D eigenvalue weighted by atomic mass is 35.5. The van der Waals surface area contributed by atoms with E-state index in [1.54, 1.807) is 30.3 Å². The van der Waals surface area contributed by atoms with E-state index in [0.717, 1.165) is 0 Å². The smallest absolute Gasteiger partial charge is 0.267 e. The summed E-state index contributed by atoms with van der Waals surface area (Å²) >= 11 is 17.5. The van der Waals surface area contributed by atoms with Crippen LogP contribution in [0.3, 0.4) is 0 Å². The van der Waals surface area contributed by atoms with E-state index >= 15 is 0 Å². The van der Waals surface area contributed by atoms with Crippen LogP contribution in [0.15, 0.2) is 48.3 Å². The number of anilines is 2. The van der Waals surface area contributed by atoms with Gasteiger partial charge in [-0.3, -0.25) is 4.79 Å². The Morgan fingerprint density at radius 2 is 1.96 bits per heavy atom. The molecule has 1 heterocycles. The molecule has 0 aliphatic rings. The monoisotopic (exact) mass is 366 g/mol. The number of hydrogen-bond donors (Lipinski definition) is 2. The first-order chi connectivity index (χ1) is 11.0. The van der Waals surface area contributed by atoms with Crippen LogP contribution in [0.4, 0.5) is 11.5 Å². The minimum atomic E-state index is -0.597. The number of rotatable bonds is 4. The van der Waals surface area contributed by atoms with E-state index in [9.17, 15) is 4.79 Å². The number of carbonyl (C=O) groups is 1.